The first-order valence-electron chi connectivity index (χ1n) is 9.09. The maximum Gasteiger partial charge on any atom is 0.416 e. The Morgan fingerprint density at radius 1 is 1.36 bits per heavy atom. The highest BCUT2D eigenvalue weighted by atomic mass is 19.1. The third-order valence-electron chi connectivity index (χ3n) is 5.23. The zero-order valence-electron chi connectivity index (χ0n) is 14.9. The number of piperazine rings is 1. The lowest BCUT2D eigenvalue weighted by Gasteiger charge is -2.46. The van der Waals surface area contributed by atoms with Gasteiger partial charge in [0.2, 0.25) is 5.88 Å². The summed E-state index contributed by atoms with van der Waals surface area (Å²) >= 11 is 0. The molecule has 7 heteroatoms. The van der Waals surface area contributed by atoms with E-state index in [4.69, 9.17) is 4.74 Å². The van der Waals surface area contributed by atoms with Crippen LogP contribution in [0, 0.1) is 11.7 Å². The SMILES string of the molecule is CC(C)N1CCN(C(=O)Oc2cc(F)ccn2)C(C2CCNCC2)C1. The molecule has 0 spiro atoms. The summed E-state index contributed by atoms with van der Waals surface area (Å²) in [6.07, 6.45) is 2.99. The first kappa shape index (κ1) is 18.1. The average Bonchev–Trinajstić information content (AvgIpc) is 2.62. The fraction of sp³-hybridized carbons (Fsp3) is 0.667. The van der Waals surface area contributed by atoms with E-state index in [1.165, 1.54) is 12.3 Å². The summed E-state index contributed by atoms with van der Waals surface area (Å²) in [5, 5.41) is 3.38. The van der Waals surface area contributed by atoms with Gasteiger partial charge in [-0.05, 0) is 51.8 Å². The van der Waals surface area contributed by atoms with Crippen molar-refractivity contribution in [3.63, 3.8) is 0 Å². The number of nitrogens with zero attached hydrogens (tertiary/aromatic N) is 3. The van der Waals surface area contributed by atoms with Gasteiger partial charge >= 0.3 is 6.09 Å². The fourth-order valence-corrected chi connectivity index (χ4v) is 3.75. The van der Waals surface area contributed by atoms with Crippen LogP contribution in [0.1, 0.15) is 26.7 Å². The smallest absolute Gasteiger partial charge is 0.391 e. The van der Waals surface area contributed by atoms with Gasteiger partial charge in [-0.25, -0.2) is 14.2 Å². The molecule has 2 aliphatic heterocycles. The van der Waals surface area contributed by atoms with Crippen LogP contribution < -0.4 is 10.1 Å². The molecule has 2 aliphatic rings. The van der Waals surface area contributed by atoms with Crippen molar-refractivity contribution in [2.24, 2.45) is 5.92 Å². The lowest BCUT2D eigenvalue weighted by molar-refractivity contribution is 0.0268. The summed E-state index contributed by atoms with van der Waals surface area (Å²) in [5.41, 5.74) is 0. The van der Waals surface area contributed by atoms with Crippen molar-refractivity contribution in [1.82, 2.24) is 20.1 Å². The molecule has 1 N–H and O–H groups in total. The lowest BCUT2D eigenvalue weighted by Crippen LogP contribution is -2.60. The van der Waals surface area contributed by atoms with Gasteiger partial charge in [0.25, 0.3) is 0 Å². The molecule has 0 aromatic carbocycles. The van der Waals surface area contributed by atoms with Gasteiger partial charge in [-0.2, -0.15) is 0 Å². The van der Waals surface area contributed by atoms with Crippen LogP contribution in [0.25, 0.3) is 0 Å². The maximum atomic E-state index is 13.3. The van der Waals surface area contributed by atoms with Crippen LogP contribution >= 0.6 is 0 Å². The van der Waals surface area contributed by atoms with Crippen molar-refractivity contribution in [3.8, 4) is 5.88 Å². The highest BCUT2D eigenvalue weighted by molar-refractivity contribution is 5.70. The van der Waals surface area contributed by atoms with Crippen molar-refractivity contribution in [3.05, 3.63) is 24.1 Å². The number of rotatable bonds is 3. The van der Waals surface area contributed by atoms with Crippen molar-refractivity contribution < 1.29 is 13.9 Å². The third kappa shape index (κ3) is 4.46. The molecule has 0 radical (unpaired) electrons. The van der Waals surface area contributed by atoms with Gasteiger partial charge in [0.05, 0.1) is 6.04 Å². The number of halogens is 1. The van der Waals surface area contributed by atoms with Crippen LogP contribution in [0.15, 0.2) is 18.3 Å². The van der Waals surface area contributed by atoms with Gasteiger partial charge in [0, 0.05) is 37.9 Å². The van der Waals surface area contributed by atoms with Gasteiger partial charge in [-0.1, -0.05) is 0 Å². The molecule has 2 fully saturated rings. The number of hydrogen-bond acceptors (Lipinski definition) is 5. The molecule has 3 rings (SSSR count). The van der Waals surface area contributed by atoms with E-state index < -0.39 is 11.9 Å². The normalized spacial score (nSPS) is 23.0. The number of carbonyl (C=O) groups excluding carboxylic acids is 1. The van der Waals surface area contributed by atoms with Gasteiger partial charge in [-0.3, -0.25) is 4.90 Å². The van der Waals surface area contributed by atoms with Gasteiger partial charge in [0.1, 0.15) is 5.82 Å². The predicted molar refractivity (Wildman–Crippen MR) is 93.0 cm³/mol. The molecule has 1 atom stereocenters. The molecule has 6 nitrogen and oxygen atoms in total. The van der Waals surface area contributed by atoms with Crippen molar-refractivity contribution >= 4 is 6.09 Å². The molecule has 0 aliphatic carbocycles. The van der Waals surface area contributed by atoms with E-state index in [1.807, 2.05) is 4.90 Å². The van der Waals surface area contributed by atoms with Crippen molar-refractivity contribution in [2.75, 3.05) is 32.7 Å². The van der Waals surface area contributed by atoms with E-state index >= 15 is 0 Å². The Bertz CT molecular complexity index is 592. The molecule has 1 unspecified atom stereocenters. The van der Waals surface area contributed by atoms with E-state index in [2.05, 4.69) is 29.0 Å². The van der Waals surface area contributed by atoms with Gasteiger partial charge < -0.3 is 15.0 Å². The van der Waals surface area contributed by atoms with Crippen LogP contribution in [0.3, 0.4) is 0 Å². The number of piperidine rings is 1. The molecule has 0 saturated carbocycles. The number of carbonyl (C=O) groups is 1. The van der Waals surface area contributed by atoms with E-state index in [0.29, 0.717) is 18.5 Å². The number of amides is 1. The number of ether oxygens (including phenoxy) is 1. The monoisotopic (exact) mass is 350 g/mol. The summed E-state index contributed by atoms with van der Waals surface area (Å²) in [6.45, 7) is 8.64. The number of hydrogen-bond donors (Lipinski definition) is 1. The molecule has 138 valence electrons. The number of nitrogens with one attached hydrogen (secondary N) is 1. The minimum absolute atomic E-state index is 0.0142. The summed E-state index contributed by atoms with van der Waals surface area (Å²) in [4.78, 5) is 20.9. The molecular weight excluding hydrogens is 323 g/mol. The van der Waals surface area contributed by atoms with E-state index in [1.54, 1.807) is 0 Å². The second-order valence-corrected chi connectivity index (χ2v) is 7.12. The van der Waals surface area contributed by atoms with Crippen LogP contribution in [0.5, 0.6) is 5.88 Å². The zero-order chi connectivity index (χ0) is 17.8. The molecular formula is C18H27FN4O2. The Kier molecular flexibility index (Phi) is 5.86. The van der Waals surface area contributed by atoms with Crippen LogP contribution in [-0.2, 0) is 0 Å². The standard InChI is InChI=1S/C18H27FN4O2/c1-13(2)22-9-10-23(16(12-22)14-3-6-20-7-4-14)18(24)25-17-11-15(19)5-8-21-17/h5,8,11,13-14,16,20H,3-4,6-7,9-10,12H2,1-2H3. The van der Waals surface area contributed by atoms with E-state index in [0.717, 1.165) is 45.1 Å². The van der Waals surface area contributed by atoms with Crippen LogP contribution in [0.2, 0.25) is 0 Å². The second kappa shape index (κ2) is 8.10. The first-order chi connectivity index (χ1) is 12.0. The third-order valence-corrected chi connectivity index (χ3v) is 5.23. The number of pyridine rings is 1. The maximum absolute atomic E-state index is 13.3. The Labute approximate surface area is 148 Å². The summed E-state index contributed by atoms with van der Waals surface area (Å²) in [7, 11) is 0. The molecule has 1 amide bonds. The summed E-state index contributed by atoms with van der Waals surface area (Å²) in [5.74, 6) is 0.00787. The van der Waals surface area contributed by atoms with Crippen LogP contribution in [0.4, 0.5) is 9.18 Å². The van der Waals surface area contributed by atoms with Crippen LogP contribution in [-0.4, -0.2) is 65.7 Å². The molecule has 2 saturated heterocycles. The van der Waals surface area contributed by atoms with Crippen molar-refractivity contribution in [1.29, 1.82) is 0 Å². The minimum Gasteiger partial charge on any atom is -0.391 e. The Balaban J connectivity index is 1.73. The van der Waals surface area contributed by atoms with Crippen molar-refractivity contribution in [2.45, 2.75) is 38.8 Å². The van der Waals surface area contributed by atoms with E-state index in [-0.39, 0.29) is 11.9 Å². The highest BCUT2D eigenvalue weighted by Gasteiger charge is 2.37. The molecule has 1 aromatic heterocycles. The summed E-state index contributed by atoms with van der Waals surface area (Å²) < 4.78 is 18.7. The Morgan fingerprint density at radius 2 is 2.12 bits per heavy atom. The van der Waals surface area contributed by atoms with E-state index in [9.17, 15) is 9.18 Å². The lowest BCUT2D eigenvalue weighted by atomic mass is 9.87. The number of aromatic nitrogens is 1. The largest absolute Gasteiger partial charge is 0.416 e. The fourth-order valence-electron chi connectivity index (χ4n) is 3.75. The zero-order valence-corrected chi connectivity index (χ0v) is 14.9. The Hall–Kier alpha value is -1.73. The second-order valence-electron chi connectivity index (χ2n) is 7.12. The molecule has 25 heavy (non-hydrogen) atoms. The quantitative estimate of drug-likeness (QED) is 0.905. The van der Waals surface area contributed by atoms with Gasteiger partial charge in [-0.15, -0.1) is 0 Å². The molecule has 3 heterocycles. The molecule has 0 bridgehead atoms. The topological polar surface area (TPSA) is 57.7 Å². The predicted octanol–water partition coefficient (Wildman–Crippen LogP) is 2.11. The first-order valence-corrected chi connectivity index (χ1v) is 9.09. The average molecular weight is 350 g/mol. The molecule has 1 aromatic rings. The highest BCUT2D eigenvalue weighted by Crippen LogP contribution is 2.26. The Morgan fingerprint density at radius 3 is 2.80 bits per heavy atom. The van der Waals surface area contributed by atoms with Gasteiger partial charge in [0.15, 0.2) is 0 Å². The summed E-state index contributed by atoms with van der Waals surface area (Å²) in [6, 6.07) is 2.95. The minimum atomic E-state index is -0.461.